The van der Waals surface area contributed by atoms with Crippen LogP contribution >= 0.6 is 11.3 Å². The third kappa shape index (κ3) is 2.29. The number of aromatic nitrogens is 3. The number of hydrogen-bond acceptors (Lipinski definition) is 5. The molecule has 3 aromatic heterocycles. The van der Waals surface area contributed by atoms with Crippen LogP contribution in [0, 0.1) is 13.8 Å². The molecule has 0 aliphatic carbocycles. The summed E-state index contributed by atoms with van der Waals surface area (Å²) in [5, 5.41) is 5.49. The average Bonchev–Trinajstić information content (AvgIpc) is 2.81. The number of nitrogens with zero attached hydrogens (tertiary/aromatic N) is 3. The lowest BCUT2D eigenvalue weighted by Crippen LogP contribution is -2.03. The molecule has 0 aliphatic rings. The summed E-state index contributed by atoms with van der Waals surface area (Å²) in [6, 6.07) is 2.02. The molecule has 1 N–H and O–H groups in total. The fourth-order valence-corrected chi connectivity index (χ4v) is 2.92. The van der Waals surface area contributed by atoms with Gasteiger partial charge in [0.05, 0.1) is 10.2 Å². The number of anilines is 1. The molecule has 0 saturated carbocycles. The van der Waals surface area contributed by atoms with Gasteiger partial charge in [-0.25, -0.2) is 9.97 Å². The van der Waals surface area contributed by atoms with Crippen LogP contribution in [-0.4, -0.2) is 15.0 Å². The first kappa shape index (κ1) is 12.0. The van der Waals surface area contributed by atoms with Gasteiger partial charge in [0.15, 0.2) is 0 Å². The van der Waals surface area contributed by atoms with Crippen LogP contribution in [0.3, 0.4) is 0 Å². The number of aryl methyl sites for hydroxylation is 2. The fourth-order valence-electron chi connectivity index (χ4n) is 1.96. The van der Waals surface area contributed by atoms with Crippen molar-refractivity contribution in [2.24, 2.45) is 0 Å². The monoisotopic (exact) mass is 270 g/mol. The minimum Gasteiger partial charge on any atom is -0.365 e. The van der Waals surface area contributed by atoms with Crippen LogP contribution in [0.2, 0.25) is 0 Å². The summed E-state index contributed by atoms with van der Waals surface area (Å²) < 4.78 is 1.11. The highest BCUT2D eigenvalue weighted by atomic mass is 32.1. The van der Waals surface area contributed by atoms with Crippen molar-refractivity contribution in [3.63, 3.8) is 0 Å². The largest absolute Gasteiger partial charge is 0.365 e. The summed E-state index contributed by atoms with van der Waals surface area (Å²) in [7, 11) is 0. The van der Waals surface area contributed by atoms with E-state index in [9.17, 15) is 0 Å². The normalized spacial score (nSPS) is 10.8. The molecule has 0 fully saturated rings. The molecule has 0 atom stereocenters. The van der Waals surface area contributed by atoms with Crippen molar-refractivity contribution in [3.05, 3.63) is 46.9 Å². The Balaban J connectivity index is 1.88. The Labute approximate surface area is 115 Å². The van der Waals surface area contributed by atoms with E-state index in [-0.39, 0.29) is 0 Å². The lowest BCUT2D eigenvalue weighted by Gasteiger charge is -2.08. The second kappa shape index (κ2) is 4.93. The van der Waals surface area contributed by atoms with Crippen molar-refractivity contribution in [1.82, 2.24) is 15.0 Å². The Morgan fingerprint density at radius 2 is 2.11 bits per heavy atom. The van der Waals surface area contributed by atoms with Gasteiger partial charge in [-0.3, -0.25) is 4.98 Å². The van der Waals surface area contributed by atoms with Crippen molar-refractivity contribution in [2.75, 3.05) is 5.32 Å². The summed E-state index contributed by atoms with van der Waals surface area (Å²) in [6.07, 6.45) is 5.31. The van der Waals surface area contributed by atoms with Crippen LogP contribution < -0.4 is 5.32 Å². The molecule has 3 aromatic rings. The van der Waals surface area contributed by atoms with Crippen LogP contribution in [0.25, 0.3) is 10.2 Å². The third-order valence-corrected chi connectivity index (χ3v) is 4.22. The topological polar surface area (TPSA) is 50.7 Å². The number of pyridine rings is 1. The molecule has 19 heavy (non-hydrogen) atoms. The maximum atomic E-state index is 4.33. The van der Waals surface area contributed by atoms with E-state index in [1.165, 1.54) is 16.7 Å². The fraction of sp³-hybridized carbons (Fsp3) is 0.214. The van der Waals surface area contributed by atoms with E-state index in [0.29, 0.717) is 0 Å². The first-order chi connectivity index (χ1) is 9.25. The summed E-state index contributed by atoms with van der Waals surface area (Å²) in [5.74, 6) is 0.895. The smallest absolute Gasteiger partial charge is 0.147 e. The number of nitrogens with one attached hydrogen (secondary N) is 1. The van der Waals surface area contributed by atoms with Crippen molar-refractivity contribution in [3.8, 4) is 0 Å². The molecule has 0 bridgehead atoms. The Bertz CT molecular complexity index is 720. The van der Waals surface area contributed by atoms with Crippen LogP contribution in [0.1, 0.15) is 16.7 Å². The van der Waals surface area contributed by atoms with Gasteiger partial charge in [-0.15, -0.1) is 11.3 Å². The number of hydrogen-bond donors (Lipinski definition) is 1. The van der Waals surface area contributed by atoms with Gasteiger partial charge in [0.25, 0.3) is 0 Å². The van der Waals surface area contributed by atoms with Gasteiger partial charge < -0.3 is 5.32 Å². The standard InChI is InChI=1S/C14H14N4S/c1-9-3-4-15-5-11(9)6-16-14-13-12(17-8-18-14)10(2)7-19-13/h3-5,7-8H,6H2,1-2H3,(H,16,17,18). The van der Waals surface area contributed by atoms with Gasteiger partial charge in [-0.1, -0.05) is 0 Å². The zero-order valence-electron chi connectivity index (χ0n) is 10.8. The van der Waals surface area contributed by atoms with Gasteiger partial charge in [0.1, 0.15) is 12.1 Å². The molecular formula is C14H14N4S. The van der Waals surface area contributed by atoms with Gasteiger partial charge >= 0.3 is 0 Å². The summed E-state index contributed by atoms with van der Waals surface area (Å²) in [4.78, 5) is 12.8. The second-order valence-electron chi connectivity index (χ2n) is 4.47. The molecule has 0 amide bonds. The van der Waals surface area contributed by atoms with Crippen LogP contribution in [0.15, 0.2) is 30.2 Å². The molecule has 96 valence electrons. The maximum absolute atomic E-state index is 4.33. The second-order valence-corrected chi connectivity index (χ2v) is 5.35. The lowest BCUT2D eigenvalue weighted by atomic mass is 10.1. The minimum absolute atomic E-state index is 0.725. The zero-order valence-corrected chi connectivity index (χ0v) is 11.7. The van der Waals surface area contributed by atoms with Crippen LogP contribution in [-0.2, 0) is 6.54 Å². The molecule has 0 aliphatic heterocycles. The first-order valence-corrected chi connectivity index (χ1v) is 6.96. The van der Waals surface area contributed by atoms with Crippen LogP contribution in [0.5, 0.6) is 0 Å². The van der Waals surface area contributed by atoms with E-state index in [2.05, 4.69) is 39.5 Å². The molecule has 3 heterocycles. The Kier molecular flexibility index (Phi) is 3.13. The first-order valence-electron chi connectivity index (χ1n) is 6.08. The van der Waals surface area contributed by atoms with Crippen LogP contribution in [0.4, 0.5) is 5.82 Å². The molecule has 0 unspecified atom stereocenters. The number of thiophene rings is 1. The van der Waals surface area contributed by atoms with Crippen molar-refractivity contribution in [2.45, 2.75) is 20.4 Å². The molecule has 0 saturated heterocycles. The quantitative estimate of drug-likeness (QED) is 0.793. The summed E-state index contributed by atoms with van der Waals surface area (Å²) >= 11 is 1.68. The van der Waals surface area contributed by atoms with E-state index in [1.54, 1.807) is 17.7 Å². The maximum Gasteiger partial charge on any atom is 0.147 e. The van der Waals surface area contributed by atoms with Gasteiger partial charge in [0.2, 0.25) is 0 Å². The highest BCUT2D eigenvalue weighted by Gasteiger charge is 2.08. The molecule has 0 aromatic carbocycles. The molecule has 0 spiro atoms. The Morgan fingerprint density at radius 1 is 1.21 bits per heavy atom. The average molecular weight is 270 g/mol. The lowest BCUT2D eigenvalue weighted by molar-refractivity contribution is 1.06. The van der Waals surface area contributed by atoms with E-state index in [1.807, 2.05) is 18.5 Å². The zero-order chi connectivity index (χ0) is 13.2. The minimum atomic E-state index is 0.725. The third-order valence-electron chi connectivity index (χ3n) is 3.12. The van der Waals surface area contributed by atoms with Gasteiger partial charge in [-0.05, 0) is 42.0 Å². The molecule has 3 rings (SSSR count). The summed E-state index contributed by atoms with van der Waals surface area (Å²) in [5.41, 5.74) is 4.64. The van der Waals surface area contributed by atoms with Crippen molar-refractivity contribution in [1.29, 1.82) is 0 Å². The van der Waals surface area contributed by atoms with Gasteiger partial charge in [0, 0.05) is 18.9 Å². The van der Waals surface area contributed by atoms with E-state index < -0.39 is 0 Å². The van der Waals surface area contributed by atoms with Crippen molar-refractivity contribution < 1.29 is 0 Å². The molecule has 4 nitrogen and oxygen atoms in total. The van der Waals surface area contributed by atoms with E-state index in [4.69, 9.17) is 0 Å². The predicted molar refractivity (Wildman–Crippen MR) is 78.5 cm³/mol. The Morgan fingerprint density at radius 3 is 2.95 bits per heavy atom. The Hall–Kier alpha value is -2.01. The van der Waals surface area contributed by atoms with Crippen molar-refractivity contribution >= 4 is 27.4 Å². The highest BCUT2D eigenvalue weighted by Crippen LogP contribution is 2.28. The van der Waals surface area contributed by atoms with E-state index >= 15 is 0 Å². The number of rotatable bonds is 3. The van der Waals surface area contributed by atoms with E-state index in [0.717, 1.165) is 22.6 Å². The molecule has 0 radical (unpaired) electrons. The van der Waals surface area contributed by atoms with Gasteiger partial charge in [-0.2, -0.15) is 0 Å². The predicted octanol–water partition coefficient (Wildman–Crippen LogP) is 3.32. The summed E-state index contributed by atoms with van der Waals surface area (Å²) in [6.45, 7) is 4.88. The molecular weight excluding hydrogens is 256 g/mol. The SMILES string of the molecule is Cc1ccncc1CNc1ncnc2c(C)csc12. The number of fused-ring (bicyclic) bond motifs is 1. The highest BCUT2D eigenvalue weighted by molar-refractivity contribution is 7.18. The molecule has 5 heteroatoms.